The predicted molar refractivity (Wildman–Crippen MR) is 68.0 cm³/mol. The van der Waals surface area contributed by atoms with Crippen molar-refractivity contribution in [3.05, 3.63) is 18.2 Å². The molecule has 1 atom stereocenters. The molecule has 1 rings (SSSR count). The van der Waals surface area contributed by atoms with Crippen molar-refractivity contribution in [1.82, 2.24) is 0 Å². The van der Waals surface area contributed by atoms with E-state index in [1.54, 1.807) is 0 Å². The van der Waals surface area contributed by atoms with Crippen molar-refractivity contribution in [3.63, 3.8) is 0 Å². The molecule has 3 nitrogen and oxygen atoms in total. The Hall–Kier alpha value is -1.38. The molecule has 1 unspecified atom stereocenters. The smallest absolute Gasteiger partial charge is 0.0568 e. The minimum atomic E-state index is 0.526. The highest BCUT2D eigenvalue weighted by Gasteiger charge is 2.11. The van der Waals surface area contributed by atoms with Crippen LogP contribution in [0, 0.1) is 0 Å². The highest BCUT2D eigenvalue weighted by Crippen LogP contribution is 2.24. The molecule has 0 radical (unpaired) electrons. The van der Waals surface area contributed by atoms with E-state index in [0.29, 0.717) is 17.4 Å². The average molecular weight is 207 g/mol. The third-order valence-corrected chi connectivity index (χ3v) is 2.87. The number of hydrogen-bond acceptors (Lipinski definition) is 3. The number of hydrogen-bond donors (Lipinski definition) is 2. The SMILES string of the molecule is CCC(C)N(CC)c1ccc(N)c(N)c1. The van der Waals surface area contributed by atoms with Crippen LogP contribution in [0.3, 0.4) is 0 Å². The molecule has 0 aliphatic carbocycles. The summed E-state index contributed by atoms with van der Waals surface area (Å²) in [4.78, 5) is 2.33. The van der Waals surface area contributed by atoms with Gasteiger partial charge in [0.25, 0.3) is 0 Å². The van der Waals surface area contributed by atoms with E-state index < -0.39 is 0 Å². The van der Waals surface area contributed by atoms with E-state index >= 15 is 0 Å². The monoisotopic (exact) mass is 207 g/mol. The topological polar surface area (TPSA) is 55.3 Å². The number of anilines is 3. The first-order valence-corrected chi connectivity index (χ1v) is 5.51. The highest BCUT2D eigenvalue weighted by atomic mass is 15.1. The van der Waals surface area contributed by atoms with Gasteiger partial charge in [0.15, 0.2) is 0 Å². The van der Waals surface area contributed by atoms with Gasteiger partial charge in [-0.15, -0.1) is 0 Å². The van der Waals surface area contributed by atoms with Gasteiger partial charge >= 0.3 is 0 Å². The first-order chi connectivity index (χ1) is 7.10. The standard InChI is InChI=1S/C12H21N3/c1-4-9(3)15(5-2)10-6-7-11(13)12(14)8-10/h6-9H,4-5,13-14H2,1-3H3. The molecule has 15 heavy (non-hydrogen) atoms. The Morgan fingerprint density at radius 2 is 1.87 bits per heavy atom. The lowest BCUT2D eigenvalue weighted by atomic mass is 10.1. The molecule has 1 aromatic rings. The van der Waals surface area contributed by atoms with Gasteiger partial charge in [-0.25, -0.2) is 0 Å². The molecule has 3 heteroatoms. The number of benzene rings is 1. The first kappa shape index (κ1) is 11.7. The van der Waals surface area contributed by atoms with E-state index in [4.69, 9.17) is 11.5 Å². The Morgan fingerprint density at radius 1 is 1.20 bits per heavy atom. The Morgan fingerprint density at radius 3 is 2.33 bits per heavy atom. The van der Waals surface area contributed by atoms with Crippen LogP contribution in [0.4, 0.5) is 17.1 Å². The van der Waals surface area contributed by atoms with Crippen LogP contribution in [0.15, 0.2) is 18.2 Å². The zero-order chi connectivity index (χ0) is 11.4. The molecule has 4 N–H and O–H groups in total. The summed E-state index contributed by atoms with van der Waals surface area (Å²) >= 11 is 0. The zero-order valence-corrected chi connectivity index (χ0v) is 9.83. The van der Waals surface area contributed by atoms with E-state index in [0.717, 1.165) is 18.7 Å². The van der Waals surface area contributed by atoms with Crippen molar-refractivity contribution >= 4 is 17.1 Å². The fourth-order valence-electron chi connectivity index (χ4n) is 1.71. The molecule has 0 spiro atoms. The van der Waals surface area contributed by atoms with Gasteiger partial charge in [-0.05, 0) is 38.5 Å². The normalized spacial score (nSPS) is 12.5. The second kappa shape index (κ2) is 4.91. The maximum Gasteiger partial charge on any atom is 0.0568 e. The van der Waals surface area contributed by atoms with Gasteiger partial charge < -0.3 is 16.4 Å². The van der Waals surface area contributed by atoms with Gasteiger partial charge in [0.2, 0.25) is 0 Å². The van der Waals surface area contributed by atoms with Crippen molar-refractivity contribution in [2.45, 2.75) is 33.2 Å². The molecular weight excluding hydrogens is 186 g/mol. The summed E-state index contributed by atoms with van der Waals surface area (Å²) in [7, 11) is 0. The molecule has 0 bridgehead atoms. The summed E-state index contributed by atoms with van der Waals surface area (Å²) in [6.45, 7) is 7.54. The quantitative estimate of drug-likeness (QED) is 0.746. The zero-order valence-electron chi connectivity index (χ0n) is 9.83. The fraction of sp³-hybridized carbons (Fsp3) is 0.500. The van der Waals surface area contributed by atoms with Crippen molar-refractivity contribution in [1.29, 1.82) is 0 Å². The number of nitrogens with two attached hydrogens (primary N) is 2. The molecular formula is C12H21N3. The molecule has 0 heterocycles. The minimum Gasteiger partial charge on any atom is -0.397 e. The molecule has 1 aromatic carbocycles. The van der Waals surface area contributed by atoms with Gasteiger partial charge in [0, 0.05) is 18.3 Å². The minimum absolute atomic E-state index is 0.526. The molecule has 0 aliphatic heterocycles. The first-order valence-electron chi connectivity index (χ1n) is 5.51. The van der Waals surface area contributed by atoms with E-state index in [2.05, 4.69) is 25.7 Å². The maximum absolute atomic E-state index is 5.80. The van der Waals surface area contributed by atoms with Crippen LogP contribution in [0.25, 0.3) is 0 Å². The van der Waals surface area contributed by atoms with Gasteiger partial charge in [-0.2, -0.15) is 0 Å². The third-order valence-electron chi connectivity index (χ3n) is 2.87. The highest BCUT2D eigenvalue weighted by molar-refractivity contribution is 5.70. The Labute approximate surface area is 92.1 Å². The second-order valence-electron chi connectivity index (χ2n) is 3.86. The van der Waals surface area contributed by atoms with Gasteiger partial charge in [0.05, 0.1) is 11.4 Å². The largest absolute Gasteiger partial charge is 0.397 e. The lowest BCUT2D eigenvalue weighted by Crippen LogP contribution is -2.32. The Balaban J connectivity index is 2.97. The van der Waals surface area contributed by atoms with Crippen LogP contribution in [-0.4, -0.2) is 12.6 Å². The second-order valence-corrected chi connectivity index (χ2v) is 3.86. The predicted octanol–water partition coefficient (Wildman–Crippen LogP) is 2.48. The van der Waals surface area contributed by atoms with Gasteiger partial charge in [-0.3, -0.25) is 0 Å². The van der Waals surface area contributed by atoms with Crippen molar-refractivity contribution in [2.24, 2.45) is 0 Å². The van der Waals surface area contributed by atoms with E-state index in [-0.39, 0.29) is 0 Å². The van der Waals surface area contributed by atoms with Crippen molar-refractivity contribution in [3.8, 4) is 0 Å². The molecule has 0 aliphatic rings. The molecule has 0 saturated heterocycles. The van der Waals surface area contributed by atoms with E-state index in [1.807, 2.05) is 18.2 Å². The summed E-state index contributed by atoms with van der Waals surface area (Å²) in [6.07, 6.45) is 1.12. The maximum atomic E-state index is 5.80. The summed E-state index contributed by atoms with van der Waals surface area (Å²) < 4.78 is 0. The van der Waals surface area contributed by atoms with Gasteiger partial charge in [0.1, 0.15) is 0 Å². The molecule has 0 amide bonds. The van der Waals surface area contributed by atoms with Crippen LogP contribution in [0.5, 0.6) is 0 Å². The Bertz CT molecular complexity index is 323. The number of nitrogens with zero attached hydrogens (tertiary/aromatic N) is 1. The Kier molecular flexibility index (Phi) is 3.83. The molecule has 0 saturated carbocycles. The van der Waals surface area contributed by atoms with Crippen LogP contribution < -0.4 is 16.4 Å². The average Bonchev–Trinajstić information content (AvgIpc) is 2.24. The van der Waals surface area contributed by atoms with Crippen LogP contribution in [-0.2, 0) is 0 Å². The summed E-state index contributed by atoms with van der Waals surface area (Å²) in [6, 6.07) is 6.38. The van der Waals surface area contributed by atoms with Crippen LogP contribution in [0.2, 0.25) is 0 Å². The van der Waals surface area contributed by atoms with E-state index in [1.165, 1.54) is 0 Å². The van der Waals surface area contributed by atoms with Crippen LogP contribution >= 0.6 is 0 Å². The van der Waals surface area contributed by atoms with Crippen LogP contribution in [0.1, 0.15) is 27.2 Å². The van der Waals surface area contributed by atoms with E-state index in [9.17, 15) is 0 Å². The number of nitrogen functional groups attached to an aromatic ring is 2. The summed E-state index contributed by atoms with van der Waals surface area (Å²) in [5, 5.41) is 0. The van der Waals surface area contributed by atoms with Gasteiger partial charge in [-0.1, -0.05) is 6.92 Å². The molecule has 84 valence electrons. The number of rotatable bonds is 4. The van der Waals surface area contributed by atoms with Crippen molar-refractivity contribution < 1.29 is 0 Å². The lowest BCUT2D eigenvalue weighted by molar-refractivity contribution is 0.630. The van der Waals surface area contributed by atoms with Crippen molar-refractivity contribution in [2.75, 3.05) is 22.9 Å². The molecule has 0 aromatic heterocycles. The molecule has 0 fully saturated rings. The summed E-state index contributed by atoms with van der Waals surface area (Å²) in [5.41, 5.74) is 14.0. The summed E-state index contributed by atoms with van der Waals surface area (Å²) in [5.74, 6) is 0. The third kappa shape index (κ3) is 2.55. The lowest BCUT2D eigenvalue weighted by Gasteiger charge is -2.29. The fourth-order valence-corrected chi connectivity index (χ4v) is 1.71.